The number of phosphoric acid groups is 1. The molecule has 0 spiro atoms. The molecule has 0 fully saturated rings. The van der Waals surface area contributed by atoms with Crippen LogP contribution in [0.4, 0.5) is 0 Å². The smallest absolute Gasteiger partial charge is 0.352 e. The summed E-state index contributed by atoms with van der Waals surface area (Å²) in [5.41, 5.74) is 0. The molecule has 0 aliphatic carbocycles. The Morgan fingerprint density at radius 3 is 1.90 bits per heavy atom. The van der Waals surface area contributed by atoms with Crippen molar-refractivity contribution < 1.29 is 42.4 Å². The van der Waals surface area contributed by atoms with Gasteiger partial charge in [-0.15, -0.1) is 0 Å². The normalized spacial score (nSPS) is 14.9. The Labute approximate surface area is 118 Å². The van der Waals surface area contributed by atoms with Crippen molar-refractivity contribution in [2.75, 3.05) is 27.5 Å². The van der Waals surface area contributed by atoms with E-state index in [1.807, 2.05) is 0 Å². The van der Waals surface area contributed by atoms with Crippen LogP contribution in [0.25, 0.3) is 0 Å². The first-order valence-electron chi connectivity index (χ1n) is 5.98. The third-order valence-corrected chi connectivity index (χ3v) is 2.77. The standard InChI is InChI=1S/C10H23O9P/c1-9(2)13-6-16-20(11,17-7-14-12-5)18-8-15-19-10(3)4/h9-10H,6-8H2,1-5H3. The number of hydrogen-bond donors (Lipinski definition) is 0. The lowest BCUT2D eigenvalue weighted by Crippen LogP contribution is -2.12. The van der Waals surface area contributed by atoms with Gasteiger partial charge in [-0.05, 0) is 27.7 Å². The average Bonchev–Trinajstić information content (AvgIpc) is 2.34. The van der Waals surface area contributed by atoms with Gasteiger partial charge < -0.3 is 4.74 Å². The van der Waals surface area contributed by atoms with E-state index in [2.05, 4.69) is 14.7 Å². The van der Waals surface area contributed by atoms with E-state index in [4.69, 9.17) is 23.2 Å². The molecular weight excluding hydrogens is 295 g/mol. The summed E-state index contributed by atoms with van der Waals surface area (Å²) in [6.45, 7) is 5.95. The highest BCUT2D eigenvalue weighted by molar-refractivity contribution is 7.48. The van der Waals surface area contributed by atoms with Crippen LogP contribution >= 0.6 is 7.82 Å². The van der Waals surface area contributed by atoms with Crippen LogP contribution in [0.3, 0.4) is 0 Å². The van der Waals surface area contributed by atoms with Gasteiger partial charge in [0.25, 0.3) is 0 Å². The maximum Gasteiger partial charge on any atom is 0.481 e. The molecule has 0 amide bonds. The van der Waals surface area contributed by atoms with E-state index in [1.165, 1.54) is 7.11 Å². The lowest BCUT2D eigenvalue weighted by Gasteiger charge is -2.18. The minimum atomic E-state index is -3.90. The van der Waals surface area contributed by atoms with Crippen molar-refractivity contribution in [3.63, 3.8) is 0 Å². The Bertz CT molecular complexity index is 271. The molecule has 0 heterocycles. The van der Waals surface area contributed by atoms with Gasteiger partial charge in [0.2, 0.25) is 0 Å². The predicted octanol–water partition coefficient (Wildman–Crippen LogP) is 2.38. The van der Waals surface area contributed by atoms with Crippen LogP contribution in [0, 0.1) is 0 Å². The highest BCUT2D eigenvalue weighted by Crippen LogP contribution is 2.49. The molecule has 0 rings (SSSR count). The van der Waals surface area contributed by atoms with Crippen molar-refractivity contribution in [2.45, 2.75) is 39.9 Å². The molecule has 0 aliphatic rings. The van der Waals surface area contributed by atoms with Gasteiger partial charge in [-0.25, -0.2) is 24.1 Å². The Morgan fingerprint density at radius 1 is 0.850 bits per heavy atom. The number of phosphoric ester groups is 1. The van der Waals surface area contributed by atoms with Crippen LogP contribution < -0.4 is 0 Å². The van der Waals surface area contributed by atoms with Crippen molar-refractivity contribution in [3.05, 3.63) is 0 Å². The van der Waals surface area contributed by atoms with Gasteiger partial charge in [0, 0.05) is 0 Å². The molecule has 0 aromatic rings. The molecule has 0 N–H and O–H groups in total. The summed E-state index contributed by atoms with van der Waals surface area (Å²) in [4.78, 5) is 18.1. The molecule has 1 unspecified atom stereocenters. The number of ether oxygens (including phenoxy) is 1. The van der Waals surface area contributed by atoms with Crippen LogP contribution in [0.5, 0.6) is 0 Å². The lowest BCUT2D eigenvalue weighted by atomic mass is 10.5. The largest absolute Gasteiger partial charge is 0.481 e. The summed E-state index contributed by atoms with van der Waals surface area (Å²) in [7, 11) is -2.62. The minimum absolute atomic E-state index is 0.0980. The number of rotatable bonds is 13. The van der Waals surface area contributed by atoms with Gasteiger partial charge >= 0.3 is 7.82 Å². The Balaban J connectivity index is 4.12. The molecule has 9 nitrogen and oxygen atoms in total. The van der Waals surface area contributed by atoms with E-state index in [0.717, 1.165) is 0 Å². The Hall–Kier alpha value is -0.0900. The van der Waals surface area contributed by atoms with E-state index in [0.29, 0.717) is 0 Å². The third kappa shape index (κ3) is 11.7. The first-order valence-corrected chi connectivity index (χ1v) is 7.45. The zero-order chi connectivity index (χ0) is 15.4. The van der Waals surface area contributed by atoms with Gasteiger partial charge in [-0.2, -0.15) is 0 Å². The van der Waals surface area contributed by atoms with Crippen molar-refractivity contribution in [1.82, 2.24) is 0 Å². The summed E-state index contributed by atoms with van der Waals surface area (Å²) in [6, 6.07) is 0. The van der Waals surface area contributed by atoms with Gasteiger partial charge in [-0.1, -0.05) is 0 Å². The first-order chi connectivity index (χ1) is 9.39. The summed E-state index contributed by atoms with van der Waals surface area (Å²) in [5, 5.41) is 0. The highest BCUT2D eigenvalue weighted by atomic mass is 31.2. The molecule has 0 saturated heterocycles. The van der Waals surface area contributed by atoms with E-state index in [-0.39, 0.29) is 19.0 Å². The predicted molar refractivity (Wildman–Crippen MR) is 67.1 cm³/mol. The summed E-state index contributed by atoms with van der Waals surface area (Å²) in [6.07, 6.45) is -0.264. The second kappa shape index (κ2) is 11.6. The molecule has 20 heavy (non-hydrogen) atoms. The molecule has 1 atom stereocenters. The second-order valence-corrected chi connectivity index (χ2v) is 5.62. The third-order valence-electron chi connectivity index (χ3n) is 1.51. The van der Waals surface area contributed by atoms with Crippen molar-refractivity contribution >= 4 is 7.82 Å². The van der Waals surface area contributed by atoms with Crippen molar-refractivity contribution in [2.24, 2.45) is 0 Å². The van der Waals surface area contributed by atoms with E-state index in [9.17, 15) is 4.57 Å². The molecule has 0 aromatic heterocycles. The van der Waals surface area contributed by atoms with E-state index < -0.39 is 21.4 Å². The quantitative estimate of drug-likeness (QED) is 0.167. The van der Waals surface area contributed by atoms with Gasteiger partial charge in [0.15, 0.2) is 20.4 Å². The molecule has 10 heteroatoms. The van der Waals surface area contributed by atoms with E-state index in [1.54, 1.807) is 27.7 Å². The lowest BCUT2D eigenvalue weighted by molar-refractivity contribution is -0.346. The summed E-state index contributed by atoms with van der Waals surface area (Å²) < 4.78 is 31.8. The first kappa shape index (κ1) is 19.9. The van der Waals surface area contributed by atoms with Crippen molar-refractivity contribution in [1.29, 1.82) is 0 Å². The molecule has 0 radical (unpaired) electrons. The van der Waals surface area contributed by atoms with Gasteiger partial charge in [0.05, 0.1) is 19.3 Å². The van der Waals surface area contributed by atoms with Crippen molar-refractivity contribution in [3.8, 4) is 0 Å². The topological polar surface area (TPSA) is 90.9 Å². The minimum Gasteiger partial charge on any atom is -0.352 e. The average molecular weight is 318 g/mol. The SMILES string of the molecule is COOCOP(=O)(OCOOC(C)C)OCOC(C)C. The van der Waals surface area contributed by atoms with Crippen LogP contribution in [0.15, 0.2) is 0 Å². The van der Waals surface area contributed by atoms with E-state index >= 15 is 0 Å². The fraction of sp³-hybridized carbons (Fsp3) is 1.00. The second-order valence-electron chi connectivity index (χ2n) is 3.95. The fourth-order valence-corrected chi connectivity index (χ4v) is 1.48. The Morgan fingerprint density at radius 2 is 1.40 bits per heavy atom. The van der Waals surface area contributed by atoms with Crippen LogP contribution in [0.2, 0.25) is 0 Å². The molecule has 0 bridgehead atoms. The zero-order valence-corrected chi connectivity index (χ0v) is 13.3. The summed E-state index contributed by atoms with van der Waals surface area (Å²) >= 11 is 0. The molecular formula is C10H23O9P. The molecule has 122 valence electrons. The maximum atomic E-state index is 12.1. The zero-order valence-electron chi connectivity index (χ0n) is 12.4. The van der Waals surface area contributed by atoms with Gasteiger partial charge in [0.1, 0.15) is 0 Å². The maximum absolute atomic E-state index is 12.1. The summed E-state index contributed by atoms with van der Waals surface area (Å²) in [5.74, 6) is 0. The van der Waals surface area contributed by atoms with Gasteiger partial charge in [-0.3, -0.25) is 13.6 Å². The van der Waals surface area contributed by atoms with Crippen LogP contribution in [-0.2, 0) is 42.4 Å². The fourth-order valence-electron chi connectivity index (χ4n) is 0.727. The Kier molecular flexibility index (Phi) is 11.5. The molecule has 0 saturated carbocycles. The van der Waals surface area contributed by atoms with Crippen LogP contribution in [-0.4, -0.2) is 39.7 Å². The number of hydrogen-bond acceptors (Lipinski definition) is 9. The highest BCUT2D eigenvalue weighted by Gasteiger charge is 2.28. The molecule has 0 aromatic carbocycles. The monoisotopic (exact) mass is 318 g/mol. The van der Waals surface area contributed by atoms with Crippen LogP contribution in [0.1, 0.15) is 27.7 Å². The molecule has 0 aliphatic heterocycles.